The molecule has 0 fully saturated rings. The minimum absolute atomic E-state index is 0.160. The number of anilines is 1. The first-order valence-corrected chi connectivity index (χ1v) is 6.26. The Morgan fingerprint density at radius 1 is 1.24 bits per heavy atom. The highest BCUT2D eigenvalue weighted by Crippen LogP contribution is 2.24. The standard InChI is InChI=1S/C13H23N3O/c1-6-7-9(4)17-13-10(5)11(14)15-12(16-13)8(2)3/h8-9H,6-7H2,1-5H3,(H2,14,15,16). The summed E-state index contributed by atoms with van der Waals surface area (Å²) in [4.78, 5) is 8.71. The zero-order chi connectivity index (χ0) is 13.0. The van der Waals surface area contributed by atoms with Crippen LogP contribution in [0, 0.1) is 6.92 Å². The summed E-state index contributed by atoms with van der Waals surface area (Å²) in [6.07, 6.45) is 2.27. The van der Waals surface area contributed by atoms with Crippen LogP contribution in [0.25, 0.3) is 0 Å². The van der Waals surface area contributed by atoms with Crippen LogP contribution >= 0.6 is 0 Å². The van der Waals surface area contributed by atoms with Crippen molar-refractivity contribution < 1.29 is 4.74 Å². The zero-order valence-corrected chi connectivity index (χ0v) is 11.4. The fraction of sp³-hybridized carbons (Fsp3) is 0.692. The second-order valence-corrected chi connectivity index (χ2v) is 4.77. The molecule has 0 aromatic carbocycles. The summed E-state index contributed by atoms with van der Waals surface area (Å²) in [6, 6.07) is 0. The smallest absolute Gasteiger partial charge is 0.222 e. The van der Waals surface area contributed by atoms with E-state index in [1.54, 1.807) is 0 Å². The molecule has 2 N–H and O–H groups in total. The van der Waals surface area contributed by atoms with Gasteiger partial charge in [0.1, 0.15) is 11.6 Å². The van der Waals surface area contributed by atoms with Crippen LogP contribution in [-0.4, -0.2) is 16.1 Å². The highest BCUT2D eigenvalue weighted by Gasteiger charge is 2.14. The Kier molecular flexibility index (Phi) is 4.73. The van der Waals surface area contributed by atoms with Crippen LogP contribution in [0.4, 0.5) is 5.82 Å². The van der Waals surface area contributed by atoms with E-state index in [0.29, 0.717) is 11.7 Å². The van der Waals surface area contributed by atoms with Crippen molar-refractivity contribution in [2.45, 2.75) is 59.5 Å². The molecule has 96 valence electrons. The number of hydrogen-bond donors (Lipinski definition) is 1. The van der Waals surface area contributed by atoms with Crippen LogP contribution in [-0.2, 0) is 0 Å². The third-order valence-electron chi connectivity index (χ3n) is 2.68. The average molecular weight is 237 g/mol. The summed E-state index contributed by atoms with van der Waals surface area (Å²) in [5, 5.41) is 0. The average Bonchev–Trinajstić information content (AvgIpc) is 2.24. The van der Waals surface area contributed by atoms with Gasteiger partial charge in [-0.1, -0.05) is 27.2 Å². The quantitative estimate of drug-likeness (QED) is 0.855. The predicted molar refractivity (Wildman–Crippen MR) is 70.3 cm³/mol. The molecule has 17 heavy (non-hydrogen) atoms. The summed E-state index contributed by atoms with van der Waals surface area (Å²) in [5.74, 6) is 2.14. The van der Waals surface area contributed by atoms with E-state index in [1.807, 2.05) is 20.8 Å². The number of nitrogens with two attached hydrogens (primary N) is 1. The number of nitrogens with zero attached hydrogens (tertiary/aromatic N) is 2. The predicted octanol–water partition coefficient (Wildman–Crippen LogP) is 3.06. The molecule has 0 bridgehead atoms. The first-order valence-electron chi connectivity index (χ1n) is 6.26. The van der Waals surface area contributed by atoms with Gasteiger partial charge in [-0.25, -0.2) is 4.98 Å². The second kappa shape index (κ2) is 5.84. The number of hydrogen-bond acceptors (Lipinski definition) is 4. The zero-order valence-electron chi connectivity index (χ0n) is 11.4. The summed E-state index contributed by atoms with van der Waals surface area (Å²) >= 11 is 0. The number of nitrogen functional groups attached to an aromatic ring is 1. The molecule has 0 saturated carbocycles. The van der Waals surface area contributed by atoms with E-state index in [9.17, 15) is 0 Å². The van der Waals surface area contributed by atoms with Crippen LogP contribution in [0.2, 0.25) is 0 Å². The minimum atomic E-state index is 0.160. The van der Waals surface area contributed by atoms with Gasteiger partial charge in [-0.15, -0.1) is 0 Å². The number of rotatable bonds is 5. The maximum atomic E-state index is 5.88. The van der Waals surface area contributed by atoms with Crippen molar-refractivity contribution in [1.29, 1.82) is 0 Å². The Balaban J connectivity index is 2.97. The number of ether oxygens (including phenoxy) is 1. The third kappa shape index (κ3) is 3.58. The van der Waals surface area contributed by atoms with E-state index in [-0.39, 0.29) is 12.0 Å². The van der Waals surface area contributed by atoms with Gasteiger partial charge in [-0.2, -0.15) is 4.98 Å². The van der Waals surface area contributed by atoms with Crippen LogP contribution in [0.1, 0.15) is 57.8 Å². The maximum Gasteiger partial charge on any atom is 0.222 e. The lowest BCUT2D eigenvalue weighted by Gasteiger charge is -2.17. The molecule has 0 aliphatic carbocycles. The van der Waals surface area contributed by atoms with E-state index < -0.39 is 0 Å². The van der Waals surface area contributed by atoms with Crippen LogP contribution in [0.3, 0.4) is 0 Å². The molecule has 1 aromatic heterocycles. The van der Waals surface area contributed by atoms with Crippen molar-refractivity contribution in [1.82, 2.24) is 9.97 Å². The van der Waals surface area contributed by atoms with Gasteiger partial charge >= 0.3 is 0 Å². The van der Waals surface area contributed by atoms with Crippen molar-refractivity contribution in [3.05, 3.63) is 11.4 Å². The first kappa shape index (κ1) is 13.7. The fourth-order valence-electron chi connectivity index (χ4n) is 1.56. The SMILES string of the molecule is CCCC(C)Oc1nc(C(C)C)nc(N)c1C. The largest absolute Gasteiger partial charge is 0.474 e. The molecule has 1 atom stereocenters. The first-order chi connectivity index (χ1) is 7.95. The van der Waals surface area contributed by atoms with E-state index in [4.69, 9.17) is 10.5 Å². The minimum Gasteiger partial charge on any atom is -0.474 e. The topological polar surface area (TPSA) is 61.0 Å². The lowest BCUT2D eigenvalue weighted by Crippen LogP contribution is -2.15. The highest BCUT2D eigenvalue weighted by molar-refractivity contribution is 5.44. The van der Waals surface area contributed by atoms with Gasteiger partial charge in [0.05, 0.1) is 11.7 Å². The third-order valence-corrected chi connectivity index (χ3v) is 2.68. The van der Waals surface area contributed by atoms with Gasteiger partial charge in [0.25, 0.3) is 0 Å². The van der Waals surface area contributed by atoms with Crippen LogP contribution in [0.5, 0.6) is 5.88 Å². The monoisotopic (exact) mass is 237 g/mol. The molecule has 4 heteroatoms. The molecule has 4 nitrogen and oxygen atoms in total. The summed E-state index contributed by atoms with van der Waals surface area (Å²) in [5.41, 5.74) is 6.71. The van der Waals surface area contributed by atoms with Gasteiger partial charge in [-0.05, 0) is 20.3 Å². The van der Waals surface area contributed by atoms with E-state index >= 15 is 0 Å². The lowest BCUT2D eigenvalue weighted by molar-refractivity contribution is 0.199. The molecule has 0 spiro atoms. The Morgan fingerprint density at radius 2 is 1.88 bits per heavy atom. The van der Waals surface area contributed by atoms with Gasteiger partial charge in [0.15, 0.2) is 0 Å². The number of aromatic nitrogens is 2. The Morgan fingerprint density at radius 3 is 2.41 bits per heavy atom. The molecule has 1 rings (SSSR count). The van der Waals surface area contributed by atoms with Gasteiger partial charge in [-0.3, -0.25) is 0 Å². The van der Waals surface area contributed by atoms with Gasteiger partial charge in [0, 0.05) is 5.92 Å². The molecular weight excluding hydrogens is 214 g/mol. The van der Waals surface area contributed by atoms with E-state index in [0.717, 1.165) is 24.2 Å². The molecule has 0 radical (unpaired) electrons. The highest BCUT2D eigenvalue weighted by atomic mass is 16.5. The molecule has 0 aliphatic rings. The summed E-state index contributed by atoms with van der Waals surface area (Å²) < 4.78 is 5.83. The molecule has 0 aliphatic heterocycles. The van der Waals surface area contributed by atoms with Crippen LogP contribution in [0.15, 0.2) is 0 Å². The lowest BCUT2D eigenvalue weighted by atomic mass is 10.2. The van der Waals surface area contributed by atoms with Crippen molar-refractivity contribution in [2.24, 2.45) is 0 Å². The van der Waals surface area contributed by atoms with Crippen molar-refractivity contribution in [3.8, 4) is 5.88 Å². The van der Waals surface area contributed by atoms with E-state index in [2.05, 4.69) is 23.8 Å². The Hall–Kier alpha value is -1.32. The van der Waals surface area contributed by atoms with Crippen LogP contribution < -0.4 is 10.5 Å². The normalized spacial score (nSPS) is 12.8. The van der Waals surface area contributed by atoms with Crippen molar-refractivity contribution >= 4 is 5.82 Å². The molecule has 1 unspecified atom stereocenters. The molecule has 0 saturated heterocycles. The second-order valence-electron chi connectivity index (χ2n) is 4.77. The Bertz CT molecular complexity index is 377. The van der Waals surface area contributed by atoms with Gasteiger partial charge in [0.2, 0.25) is 5.88 Å². The summed E-state index contributed by atoms with van der Waals surface area (Å²) in [6.45, 7) is 10.2. The van der Waals surface area contributed by atoms with Crippen molar-refractivity contribution in [2.75, 3.05) is 5.73 Å². The maximum absolute atomic E-state index is 5.88. The molecule has 1 heterocycles. The molecular formula is C13H23N3O. The fourth-order valence-corrected chi connectivity index (χ4v) is 1.56. The summed E-state index contributed by atoms with van der Waals surface area (Å²) in [7, 11) is 0. The van der Waals surface area contributed by atoms with Gasteiger partial charge < -0.3 is 10.5 Å². The van der Waals surface area contributed by atoms with Crippen molar-refractivity contribution in [3.63, 3.8) is 0 Å². The van der Waals surface area contributed by atoms with E-state index in [1.165, 1.54) is 0 Å². The molecule has 1 aromatic rings. The Labute approximate surface area is 104 Å². The molecule has 0 amide bonds.